The molecule has 0 saturated carbocycles. The summed E-state index contributed by atoms with van der Waals surface area (Å²) in [4.78, 5) is 12.4. The van der Waals surface area contributed by atoms with Crippen molar-refractivity contribution in [2.75, 3.05) is 6.61 Å². The molecule has 0 radical (unpaired) electrons. The molecule has 0 aliphatic rings. The van der Waals surface area contributed by atoms with Crippen molar-refractivity contribution in [1.29, 1.82) is 0 Å². The van der Waals surface area contributed by atoms with E-state index in [1.807, 2.05) is 6.08 Å². The Balaban J connectivity index is 3.64. The predicted molar refractivity (Wildman–Crippen MR) is 195 cm³/mol. The molecule has 0 heterocycles. The molecular formula is C40H79NO4. The van der Waals surface area contributed by atoms with Crippen molar-refractivity contribution in [3.05, 3.63) is 12.2 Å². The Hall–Kier alpha value is -0.910. The summed E-state index contributed by atoms with van der Waals surface area (Å²) in [6, 6.07) is -0.791. The average Bonchev–Trinajstić information content (AvgIpc) is 3.04. The number of nitrogens with one attached hydrogen (secondary N) is 1. The molecular weight excluding hydrogens is 558 g/mol. The van der Waals surface area contributed by atoms with E-state index >= 15 is 0 Å². The highest BCUT2D eigenvalue weighted by Gasteiger charge is 2.22. The molecule has 3 unspecified atom stereocenters. The second-order valence-corrected chi connectivity index (χ2v) is 13.9. The fourth-order valence-electron chi connectivity index (χ4n) is 6.18. The van der Waals surface area contributed by atoms with Gasteiger partial charge in [0, 0.05) is 0 Å². The van der Waals surface area contributed by atoms with E-state index in [1.54, 1.807) is 6.08 Å². The van der Waals surface area contributed by atoms with Gasteiger partial charge in [-0.05, 0) is 19.3 Å². The first-order valence-corrected chi connectivity index (χ1v) is 20.0. The van der Waals surface area contributed by atoms with Gasteiger partial charge < -0.3 is 20.6 Å². The molecule has 268 valence electrons. The number of carbonyl (C=O) groups excluding carboxylic acids is 1. The molecule has 45 heavy (non-hydrogen) atoms. The first kappa shape index (κ1) is 44.1. The maximum atomic E-state index is 12.4. The van der Waals surface area contributed by atoms with Crippen LogP contribution in [0.4, 0.5) is 0 Å². The molecule has 0 fully saturated rings. The normalized spacial score (nSPS) is 13.8. The van der Waals surface area contributed by atoms with Gasteiger partial charge in [-0.2, -0.15) is 0 Å². The van der Waals surface area contributed by atoms with Gasteiger partial charge >= 0.3 is 0 Å². The minimum atomic E-state index is -1.09. The zero-order chi connectivity index (χ0) is 33.1. The van der Waals surface area contributed by atoms with Crippen LogP contribution in [0, 0.1) is 0 Å². The molecule has 4 N–H and O–H groups in total. The van der Waals surface area contributed by atoms with E-state index < -0.39 is 24.2 Å². The molecule has 5 nitrogen and oxygen atoms in total. The Morgan fingerprint density at radius 3 is 1.22 bits per heavy atom. The third kappa shape index (κ3) is 31.5. The molecule has 0 rings (SSSR count). The number of aliphatic hydroxyl groups is 3. The number of amides is 1. The maximum Gasteiger partial charge on any atom is 0.249 e. The van der Waals surface area contributed by atoms with Gasteiger partial charge in [-0.1, -0.05) is 206 Å². The van der Waals surface area contributed by atoms with E-state index in [-0.39, 0.29) is 6.61 Å². The molecule has 0 aliphatic carbocycles. The number of allylic oxidation sites excluding steroid dienone is 1. The number of aliphatic hydroxyl groups excluding tert-OH is 3. The monoisotopic (exact) mass is 638 g/mol. The lowest BCUT2D eigenvalue weighted by molar-refractivity contribution is -0.131. The number of unbranched alkanes of at least 4 members (excludes halogenated alkanes) is 28. The summed E-state index contributed by atoms with van der Waals surface area (Å²) in [6.45, 7) is 4.16. The molecule has 0 aromatic heterocycles. The zero-order valence-electron chi connectivity index (χ0n) is 30.3. The number of carbonyl (C=O) groups is 1. The lowest BCUT2D eigenvalue weighted by atomic mass is 10.0. The van der Waals surface area contributed by atoms with Crippen LogP contribution in [0.3, 0.4) is 0 Å². The van der Waals surface area contributed by atoms with Crippen molar-refractivity contribution >= 4 is 5.91 Å². The SMILES string of the molecule is CCCCCCCCCCCCCCCCCCCCC/C=C/C(O)C(CO)NC(=O)C(O)CCCCCCCCCCCC. The van der Waals surface area contributed by atoms with Crippen LogP contribution >= 0.6 is 0 Å². The molecule has 5 heteroatoms. The summed E-state index contributed by atoms with van der Waals surface area (Å²) in [5.74, 6) is -0.503. The predicted octanol–water partition coefficient (Wildman–Crippen LogP) is 10.9. The van der Waals surface area contributed by atoms with Gasteiger partial charge in [0.1, 0.15) is 6.10 Å². The Morgan fingerprint density at radius 1 is 0.533 bits per heavy atom. The van der Waals surface area contributed by atoms with Crippen molar-refractivity contribution in [2.24, 2.45) is 0 Å². The molecule has 0 spiro atoms. The second kappa shape index (κ2) is 35.9. The van der Waals surface area contributed by atoms with Crippen molar-refractivity contribution in [3.63, 3.8) is 0 Å². The standard InChI is InChI=1S/C40H79NO4/c1-3-5-7-9-11-13-15-16-17-18-19-20-21-22-23-24-25-27-28-30-32-34-38(43)37(36-42)41-40(45)39(44)35-33-31-29-26-14-12-10-8-6-4-2/h32,34,37-39,42-44H,3-31,33,35-36H2,1-2H3,(H,41,45)/b34-32+. The third-order valence-corrected chi connectivity index (χ3v) is 9.38. The number of hydrogen-bond acceptors (Lipinski definition) is 4. The zero-order valence-corrected chi connectivity index (χ0v) is 30.3. The van der Waals surface area contributed by atoms with Crippen molar-refractivity contribution in [2.45, 2.75) is 231 Å². The first-order valence-electron chi connectivity index (χ1n) is 20.0. The Bertz CT molecular complexity index is 625. The van der Waals surface area contributed by atoms with Crippen LogP contribution < -0.4 is 5.32 Å². The first-order chi connectivity index (χ1) is 22.1. The summed E-state index contributed by atoms with van der Waals surface area (Å²) in [7, 11) is 0. The van der Waals surface area contributed by atoms with Gasteiger partial charge in [0.05, 0.1) is 18.8 Å². The summed E-state index contributed by atoms with van der Waals surface area (Å²) >= 11 is 0. The largest absolute Gasteiger partial charge is 0.394 e. The van der Waals surface area contributed by atoms with Crippen LogP contribution in [0.5, 0.6) is 0 Å². The Morgan fingerprint density at radius 2 is 0.867 bits per heavy atom. The van der Waals surface area contributed by atoms with Crippen LogP contribution in [0.15, 0.2) is 12.2 Å². The molecule has 0 saturated heterocycles. The summed E-state index contributed by atoms with van der Waals surface area (Å²) in [6.07, 6.45) is 41.0. The van der Waals surface area contributed by atoms with Crippen molar-refractivity contribution < 1.29 is 20.1 Å². The van der Waals surface area contributed by atoms with Gasteiger partial charge in [0.25, 0.3) is 0 Å². The van der Waals surface area contributed by atoms with Gasteiger partial charge in [-0.25, -0.2) is 0 Å². The molecule has 0 aliphatic heterocycles. The van der Waals surface area contributed by atoms with Gasteiger partial charge in [0.2, 0.25) is 5.91 Å². The van der Waals surface area contributed by atoms with Crippen LogP contribution in [-0.4, -0.2) is 46.1 Å². The quantitative estimate of drug-likeness (QED) is 0.0406. The van der Waals surface area contributed by atoms with E-state index in [4.69, 9.17) is 0 Å². The Labute approximate surface area is 280 Å². The second-order valence-electron chi connectivity index (χ2n) is 13.9. The van der Waals surface area contributed by atoms with Crippen LogP contribution in [0.25, 0.3) is 0 Å². The van der Waals surface area contributed by atoms with E-state index in [0.717, 1.165) is 32.1 Å². The smallest absolute Gasteiger partial charge is 0.249 e. The molecule has 1 amide bonds. The van der Waals surface area contributed by atoms with Gasteiger partial charge in [-0.3, -0.25) is 4.79 Å². The number of hydrogen-bond donors (Lipinski definition) is 4. The Kier molecular flexibility index (Phi) is 35.2. The third-order valence-electron chi connectivity index (χ3n) is 9.38. The molecule has 3 atom stereocenters. The highest BCUT2D eigenvalue weighted by Crippen LogP contribution is 2.16. The highest BCUT2D eigenvalue weighted by atomic mass is 16.3. The minimum absolute atomic E-state index is 0.360. The topological polar surface area (TPSA) is 89.8 Å². The van der Waals surface area contributed by atoms with Crippen molar-refractivity contribution in [3.8, 4) is 0 Å². The fraction of sp³-hybridized carbons (Fsp3) is 0.925. The maximum absolute atomic E-state index is 12.4. The lowest BCUT2D eigenvalue weighted by Crippen LogP contribution is -2.48. The number of rotatable bonds is 36. The highest BCUT2D eigenvalue weighted by molar-refractivity contribution is 5.80. The van der Waals surface area contributed by atoms with Crippen LogP contribution in [-0.2, 0) is 4.79 Å². The van der Waals surface area contributed by atoms with E-state index in [9.17, 15) is 20.1 Å². The van der Waals surface area contributed by atoms with Gasteiger partial charge in [-0.15, -0.1) is 0 Å². The van der Waals surface area contributed by atoms with E-state index in [2.05, 4.69) is 19.2 Å². The van der Waals surface area contributed by atoms with Crippen LogP contribution in [0.1, 0.15) is 213 Å². The average molecular weight is 638 g/mol. The van der Waals surface area contributed by atoms with E-state index in [1.165, 1.54) is 161 Å². The molecule has 0 aromatic carbocycles. The van der Waals surface area contributed by atoms with Crippen molar-refractivity contribution in [1.82, 2.24) is 5.32 Å². The lowest BCUT2D eigenvalue weighted by Gasteiger charge is -2.21. The summed E-state index contributed by atoms with van der Waals surface area (Å²) in [5.41, 5.74) is 0. The summed E-state index contributed by atoms with van der Waals surface area (Å²) in [5, 5.41) is 32.9. The minimum Gasteiger partial charge on any atom is -0.394 e. The molecule has 0 aromatic rings. The van der Waals surface area contributed by atoms with Gasteiger partial charge in [0.15, 0.2) is 0 Å². The summed E-state index contributed by atoms with van der Waals surface area (Å²) < 4.78 is 0. The van der Waals surface area contributed by atoms with E-state index in [0.29, 0.717) is 6.42 Å². The fourth-order valence-corrected chi connectivity index (χ4v) is 6.18. The van der Waals surface area contributed by atoms with Crippen LogP contribution in [0.2, 0.25) is 0 Å². The molecule has 0 bridgehead atoms.